The van der Waals surface area contributed by atoms with Gasteiger partial charge in [-0.05, 0) is 62.9 Å². The largest absolute Gasteiger partial charge is 0.494 e. The Labute approximate surface area is 145 Å². The number of piperidine rings is 1. The maximum Gasteiger partial charge on any atom is 0.119 e. The number of likely N-dealkylation sites (tertiary alicyclic amines) is 1. The van der Waals surface area contributed by atoms with Gasteiger partial charge in [-0.25, -0.2) is 0 Å². The van der Waals surface area contributed by atoms with Crippen molar-refractivity contribution in [3.8, 4) is 11.5 Å². The van der Waals surface area contributed by atoms with E-state index < -0.39 is 0 Å². The molecule has 0 unspecified atom stereocenters. The highest BCUT2D eigenvalue weighted by Gasteiger charge is 2.44. The van der Waals surface area contributed by atoms with Crippen LogP contribution < -0.4 is 9.47 Å². The molecule has 0 bridgehead atoms. The number of aliphatic hydroxyl groups excluding tert-OH is 1. The van der Waals surface area contributed by atoms with Crippen LogP contribution in [0.25, 0.3) is 0 Å². The lowest BCUT2D eigenvalue weighted by Crippen LogP contribution is -2.48. The van der Waals surface area contributed by atoms with Crippen LogP contribution in [0.1, 0.15) is 45.4 Å². The van der Waals surface area contributed by atoms with Gasteiger partial charge in [0, 0.05) is 18.5 Å². The Morgan fingerprint density at radius 3 is 2.38 bits per heavy atom. The zero-order chi connectivity index (χ0) is 16.8. The van der Waals surface area contributed by atoms with Crippen molar-refractivity contribution < 1.29 is 14.6 Å². The minimum atomic E-state index is -0.100. The molecule has 4 nitrogen and oxygen atoms in total. The highest BCUT2D eigenvalue weighted by atomic mass is 16.5. The molecule has 0 amide bonds. The van der Waals surface area contributed by atoms with Gasteiger partial charge in [-0.1, -0.05) is 13.3 Å². The predicted molar refractivity (Wildman–Crippen MR) is 95.7 cm³/mol. The van der Waals surface area contributed by atoms with E-state index in [4.69, 9.17) is 9.47 Å². The number of hydrogen-bond acceptors (Lipinski definition) is 4. The van der Waals surface area contributed by atoms with Crippen molar-refractivity contribution in [2.45, 2.75) is 51.6 Å². The molecule has 2 aliphatic rings. The molecular formula is C20H31NO3. The quantitative estimate of drug-likeness (QED) is 0.829. The molecule has 1 aromatic rings. The van der Waals surface area contributed by atoms with Crippen LogP contribution in [-0.2, 0) is 0 Å². The third kappa shape index (κ3) is 4.22. The van der Waals surface area contributed by atoms with Gasteiger partial charge in [0.05, 0.1) is 12.7 Å². The van der Waals surface area contributed by atoms with E-state index in [0.29, 0.717) is 6.61 Å². The SMILES string of the molecule is CCCOc1ccc(OCCN2CCC[C@]3(CCC[C@H]3O)C2)cc1. The molecule has 2 atom stereocenters. The van der Waals surface area contributed by atoms with E-state index in [1.807, 2.05) is 24.3 Å². The highest BCUT2D eigenvalue weighted by molar-refractivity contribution is 5.31. The van der Waals surface area contributed by atoms with Crippen LogP contribution in [0, 0.1) is 5.41 Å². The second kappa shape index (κ2) is 8.21. The van der Waals surface area contributed by atoms with Crippen molar-refractivity contribution in [1.82, 2.24) is 4.90 Å². The van der Waals surface area contributed by atoms with E-state index in [1.54, 1.807) is 0 Å². The molecule has 1 heterocycles. The van der Waals surface area contributed by atoms with E-state index in [-0.39, 0.29) is 11.5 Å². The second-order valence-electron chi connectivity index (χ2n) is 7.32. The smallest absolute Gasteiger partial charge is 0.119 e. The fraction of sp³-hybridized carbons (Fsp3) is 0.700. The molecule has 1 saturated carbocycles. The Balaban J connectivity index is 1.43. The van der Waals surface area contributed by atoms with Crippen LogP contribution in [0.2, 0.25) is 0 Å². The van der Waals surface area contributed by atoms with Crippen molar-refractivity contribution in [1.29, 1.82) is 0 Å². The third-order valence-corrected chi connectivity index (χ3v) is 5.52. The van der Waals surface area contributed by atoms with E-state index in [9.17, 15) is 5.11 Å². The van der Waals surface area contributed by atoms with Crippen LogP contribution in [-0.4, -0.2) is 49.0 Å². The Morgan fingerprint density at radius 1 is 1.08 bits per heavy atom. The Bertz CT molecular complexity index is 504. The summed E-state index contributed by atoms with van der Waals surface area (Å²) >= 11 is 0. The summed E-state index contributed by atoms with van der Waals surface area (Å²) in [6.07, 6.45) is 6.64. The van der Waals surface area contributed by atoms with Gasteiger partial charge in [-0.3, -0.25) is 4.90 Å². The minimum absolute atomic E-state index is 0.100. The molecule has 1 aromatic carbocycles. The molecule has 134 valence electrons. The summed E-state index contributed by atoms with van der Waals surface area (Å²) in [5.41, 5.74) is 0.163. The molecule has 1 spiro atoms. The molecule has 0 radical (unpaired) electrons. The number of hydrogen-bond donors (Lipinski definition) is 1. The first-order valence-electron chi connectivity index (χ1n) is 9.48. The summed E-state index contributed by atoms with van der Waals surface area (Å²) in [6, 6.07) is 7.89. The number of rotatable bonds is 7. The molecule has 1 N–H and O–H groups in total. The van der Waals surface area contributed by atoms with Crippen molar-refractivity contribution >= 4 is 0 Å². The topological polar surface area (TPSA) is 41.9 Å². The third-order valence-electron chi connectivity index (χ3n) is 5.52. The Kier molecular flexibility index (Phi) is 6.01. The van der Waals surface area contributed by atoms with Gasteiger partial charge in [-0.2, -0.15) is 0 Å². The van der Waals surface area contributed by atoms with Gasteiger partial charge in [0.25, 0.3) is 0 Å². The van der Waals surface area contributed by atoms with Crippen molar-refractivity contribution in [2.24, 2.45) is 5.41 Å². The van der Waals surface area contributed by atoms with E-state index in [2.05, 4.69) is 11.8 Å². The monoisotopic (exact) mass is 333 g/mol. The first kappa shape index (κ1) is 17.6. The summed E-state index contributed by atoms with van der Waals surface area (Å²) in [4.78, 5) is 2.47. The molecule has 3 rings (SSSR count). The van der Waals surface area contributed by atoms with Crippen LogP contribution in [0.5, 0.6) is 11.5 Å². The predicted octanol–water partition coefficient (Wildman–Crippen LogP) is 3.48. The van der Waals surface area contributed by atoms with Gasteiger partial charge in [-0.15, -0.1) is 0 Å². The normalized spacial score (nSPS) is 27.5. The Hall–Kier alpha value is -1.26. The molecule has 4 heteroatoms. The summed E-state index contributed by atoms with van der Waals surface area (Å²) in [7, 11) is 0. The fourth-order valence-corrected chi connectivity index (χ4v) is 4.19. The number of benzene rings is 1. The van der Waals surface area contributed by atoms with Gasteiger partial charge in [0.1, 0.15) is 18.1 Å². The van der Waals surface area contributed by atoms with Crippen molar-refractivity contribution in [2.75, 3.05) is 32.8 Å². The molecule has 1 saturated heterocycles. The first-order valence-corrected chi connectivity index (χ1v) is 9.48. The standard InChI is InChI=1S/C20H31NO3/c1-2-14-23-17-6-8-18(9-7-17)24-15-13-21-12-4-11-20(16-21)10-3-5-19(20)22/h6-9,19,22H,2-5,10-16H2,1H3/t19-,20-/m1/s1. The second-order valence-corrected chi connectivity index (χ2v) is 7.32. The average molecular weight is 333 g/mol. The molecule has 2 fully saturated rings. The van der Waals surface area contributed by atoms with Crippen LogP contribution in [0.4, 0.5) is 0 Å². The minimum Gasteiger partial charge on any atom is -0.494 e. The lowest BCUT2D eigenvalue weighted by atomic mass is 9.77. The fourth-order valence-electron chi connectivity index (χ4n) is 4.19. The van der Waals surface area contributed by atoms with Crippen LogP contribution in [0.15, 0.2) is 24.3 Å². The van der Waals surface area contributed by atoms with Gasteiger partial charge in [0.2, 0.25) is 0 Å². The molecular weight excluding hydrogens is 302 g/mol. The maximum atomic E-state index is 10.3. The number of ether oxygens (including phenoxy) is 2. The van der Waals surface area contributed by atoms with Crippen molar-refractivity contribution in [3.05, 3.63) is 24.3 Å². The number of aliphatic hydroxyl groups is 1. The highest BCUT2D eigenvalue weighted by Crippen LogP contribution is 2.44. The van der Waals surface area contributed by atoms with E-state index >= 15 is 0 Å². The molecule has 0 aromatic heterocycles. The molecule has 1 aliphatic carbocycles. The zero-order valence-corrected chi connectivity index (χ0v) is 14.9. The summed E-state index contributed by atoms with van der Waals surface area (Å²) < 4.78 is 11.5. The summed E-state index contributed by atoms with van der Waals surface area (Å²) in [5.74, 6) is 1.80. The van der Waals surface area contributed by atoms with Crippen molar-refractivity contribution in [3.63, 3.8) is 0 Å². The van der Waals surface area contributed by atoms with Gasteiger partial charge >= 0.3 is 0 Å². The van der Waals surface area contributed by atoms with Crippen LogP contribution >= 0.6 is 0 Å². The summed E-state index contributed by atoms with van der Waals surface area (Å²) in [6.45, 7) is 6.64. The zero-order valence-electron chi connectivity index (χ0n) is 14.9. The summed E-state index contributed by atoms with van der Waals surface area (Å²) in [5, 5.41) is 10.3. The number of nitrogens with zero attached hydrogens (tertiary/aromatic N) is 1. The van der Waals surface area contributed by atoms with Crippen LogP contribution in [0.3, 0.4) is 0 Å². The van der Waals surface area contributed by atoms with Gasteiger partial charge < -0.3 is 14.6 Å². The average Bonchev–Trinajstić information content (AvgIpc) is 2.94. The first-order chi connectivity index (χ1) is 11.7. The molecule has 1 aliphatic heterocycles. The lowest BCUT2D eigenvalue weighted by Gasteiger charge is -2.42. The lowest BCUT2D eigenvalue weighted by molar-refractivity contribution is -0.0123. The van der Waals surface area contributed by atoms with E-state index in [1.165, 1.54) is 25.7 Å². The van der Waals surface area contributed by atoms with E-state index in [0.717, 1.165) is 50.6 Å². The molecule has 24 heavy (non-hydrogen) atoms. The Morgan fingerprint density at radius 2 is 1.75 bits per heavy atom. The maximum absolute atomic E-state index is 10.3. The van der Waals surface area contributed by atoms with Gasteiger partial charge in [0.15, 0.2) is 0 Å².